The summed E-state index contributed by atoms with van der Waals surface area (Å²) in [4.78, 5) is 37.0. The van der Waals surface area contributed by atoms with Crippen LogP contribution in [0.2, 0.25) is 0 Å². The molecule has 146 valence electrons. The molecule has 1 N–H and O–H groups in total. The Morgan fingerprint density at radius 1 is 1.07 bits per heavy atom. The number of anilines is 1. The Balaban J connectivity index is 0.00000205. The molecular formula is C19H13ClN4O2S3. The molecule has 10 heteroatoms. The van der Waals surface area contributed by atoms with E-state index in [9.17, 15) is 9.59 Å². The number of carbonyl (C=O) groups is 2. The first-order chi connectivity index (χ1) is 13.6. The van der Waals surface area contributed by atoms with Crippen molar-refractivity contribution in [3.05, 3.63) is 51.5 Å². The van der Waals surface area contributed by atoms with Gasteiger partial charge in [-0.25, -0.2) is 9.97 Å². The number of aromatic nitrogens is 2. The van der Waals surface area contributed by atoms with Crippen LogP contribution in [-0.2, 0) is 9.59 Å². The van der Waals surface area contributed by atoms with E-state index < -0.39 is 11.8 Å². The summed E-state index contributed by atoms with van der Waals surface area (Å²) in [7, 11) is 1.75. The van der Waals surface area contributed by atoms with E-state index in [4.69, 9.17) is 9.97 Å². The topological polar surface area (TPSA) is 75.2 Å². The second-order valence-electron chi connectivity index (χ2n) is 6.10. The first-order valence-electron chi connectivity index (χ1n) is 8.28. The molecule has 4 aromatic rings. The summed E-state index contributed by atoms with van der Waals surface area (Å²) in [6, 6.07) is 6.02. The zero-order valence-corrected chi connectivity index (χ0v) is 18.2. The maximum Gasteiger partial charge on any atom is 0.274 e. The second-order valence-corrected chi connectivity index (χ2v) is 8.68. The lowest BCUT2D eigenvalue weighted by atomic mass is 10.1. The van der Waals surface area contributed by atoms with Crippen LogP contribution >= 0.6 is 46.4 Å². The lowest BCUT2D eigenvalue weighted by Gasteiger charge is -2.20. The average Bonchev–Trinajstić information content (AvgIpc) is 3.46. The predicted molar refractivity (Wildman–Crippen MR) is 121 cm³/mol. The van der Waals surface area contributed by atoms with Crippen molar-refractivity contribution in [3.8, 4) is 21.8 Å². The summed E-state index contributed by atoms with van der Waals surface area (Å²) < 4.78 is 0. The van der Waals surface area contributed by atoms with Gasteiger partial charge in [0, 0.05) is 39.9 Å². The van der Waals surface area contributed by atoms with E-state index in [0.29, 0.717) is 11.6 Å². The molecule has 29 heavy (non-hydrogen) atoms. The maximum atomic E-state index is 12.2. The highest BCUT2D eigenvalue weighted by Crippen LogP contribution is 2.41. The van der Waals surface area contributed by atoms with Gasteiger partial charge < -0.3 is 4.90 Å². The molecule has 5 heterocycles. The van der Waals surface area contributed by atoms with Crippen molar-refractivity contribution in [1.82, 2.24) is 15.3 Å². The van der Waals surface area contributed by atoms with Gasteiger partial charge in [0.05, 0.1) is 5.39 Å². The fourth-order valence-corrected chi connectivity index (χ4v) is 5.46. The van der Waals surface area contributed by atoms with Gasteiger partial charge in [-0.15, -0.1) is 35.1 Å². The zero-order chi connectivity index (χ0) is 19.3. The minimum atomic E-state index is -0.427. The Morgan fingerprint density at radius 2 is 1.93 bits per heavy atom. The minimum Gasteiger partial charge on any atom is -0.324 e. The summed E-state index contributed by atoms with van der Waals surface area (Å²) in [6.07, 6.45) is 1.30. The Kier molecular flexibility index (Phi) is 5.22. The highest BCUT2D eigenvalue weighted by Gasteiger charge is 2.28. The third-order valence-corrected chi connectivity index (χ3v) is 6.86. The number of fused-ring (bicyclic) bond motifs is 1. The van der Waals surface area contributed by atoms with Gasteiger partial charge in [-0.3, -0.25) is 14.9 Å². The molecular weight excluding hydrogens is 448 g/mol. The molecule has 0 radical (unpaired) electrons. The van der Waals surface area contributed by atoms with E-state index in [1.54, 1.807) is 46.0 Å². The summed E-state index contributed by atoms with van der Waals surface area (Å²) in [6.45, 7) is 0. The Labute approximate surface area is 184 Å². The van der Waals surface area contributed by atoms with Gasteiger partial charge in [-0.1, -0.05) is 6.07 Å². The Morgan fingerprint density at radius 3 is 2.59 bits per heavy atom. The van der Waals surface area contributed by atoms with Crippen LogP contribution in [0.1, 0.15) is 0 Å². The third-order valence-electron chi connectivity index (χ3n) is 4.40. The van der Waals surface area contributed by atoms with Crippen molar-refractivity contribution < 1.29 is 9.59 Å². The predicted octanol–water partition coefficient (Wildman–Crippen LogP) is 4.55. The molecule has 0 atom stereocenters. The lowest BCUT2D eigenvalue weighted by Crippen LogP contribution is -2.29. The number of likely N-dealkylation sites (N-methyl/N-ethyl adjacent to an activating group) is 1. The fourth-order valence-electron chi connectivity index (χ4n) is 3.07. The van der Waals surface area contributed by atoms with E-state index in [2.05, 4.69) is 10.7 Å². The molecule has 4 aromatic heterocycles. The molecule has 0 spiro atoms. The van der Waals surface area contributed by atoms with Crippen LogP contribution in [0.25, 0.3) is 32.0 Å². The number of rotatable bonds is 4. The fraction of sp³-hybridized carbons (Fsp3) is 0.0526. The monoisotopic (exact) mass is 460 g/mol. The largest absolute Gasteiger partial charge is 0.324 e. The molecule has 1 aliphatic heterocycles. The normalized spacial score (nSPS) is 13.3. The second kappa shape index (κ2) is 7.68. The van der Waals surface area contributed by atoms with E-state index in [1.807, 2.05) is 34.3 Å². The molecule has 2 amide bonds. The van der Waals surface area contributed by atoms with Crippen LogP contribution in [0.15, 0.2) is 51.5 Å². The van der Waals surface area contributed by atoms with Crippen molar-refractivity contribution in [2.75, 3.05) is 11.9 Å². The standard InChI is InChI=1S/C19H12N4O2S3.ClH/c1-23(12-7-14(24)20-18(12)25)17-15-11(13-3-2-5-27-13)9-28-19(15)22-16(21-17)10-4-6-26-8-10;/h2-9H,1H3,(H,20,24,25);1H. The number of carbonyl (C=O) groups excluding carboxylic acids is 2. The van der Waals surface area contributed by atoms with Crippen molar-refractivity contribution in [3.63, 3.8) is 0 Å². The quantitative estimate of drug-likeness (QED) is 0.452. The molecule has 1 aliphatic rings. The van der Waals surface area contributed by atoms with E-state index in [1.165, 1.54) is 6.08 Å². The van der Waals surface area contributed by atoms with Gasteiger partial charge in [0.15, 0.2) is 5.82 Å². The first-order valence-corrected chi connectivity index (χ1v) is 11.0. The van der Waals surface area contributed by atoms with Crippen molar-refractivity contribution in [2.45, 2.75) is 0 Å². The van der Waals surface area contributed by atoms with E-state index in [0.717, 1.165) is 26.2 Å². The highest BCUT2D eigenvalue weighted by atomic mass is 35.5. The van der Waals surface area contributed by atoms with Crippen LogP contribution in [0.3, 0.4) is 0 Å². The number of hydrogen-bond donors (Lipinski definition) is 1. The molecule has 0 aliphatic carbocycles. The molecule has 0 unspecified atom stereocenters. The van der Waals surface area contributed by atoms with Gasteiger partial charge in [-0.2, -0.15) is 11.3 Å². The minimum absolute atomic E-state index is 0. The average molecular weight is 461 g/mol. The summed E-state index contributed by atoms with van der Waals surface area (Å²) in [5, 5.41) is 11.2. The highest BCUT2D eigenvalue weighted by molar-refractivity contribution is 7.18. The van der Waals surface area contributed by atoms with Gasteiger partial charge >= 0.3 is 0 Å². The summed E-state index contributed by atoms with van der Waals surface area (Å²) in [5.41, 5.74) is 2.22. The lowest BCUT2D eigenvalue weighted by molar-refractivity contribution is -0.123. The maximum absolute atomic E-state index is 12.2. The number of thiophene rings is 3. The first kappa shape index (κ1) is 19.7. The van der Waals surface area contributed by atoms with Crippen molar-refractivity contribution in [2.24, 2.45) is 0 Å². The number of amides is 2. The number of nitrogens with zero attached hydrogens (tertiary/aromatic N) is 3. The van der Waals surface area contributed by atoms with E-state index in [-0.39, 0.29) is 18.1 Å². The Bertz CT molecular complexity index is 1250. The number of nitrogens with one attached hydrogen (secondary N) is 1. The van der Waals surface area contributed by atoms with Crippen LogP contribution in [-0.4, -0.2) is 28.8 Å². The van der Waals surface area contributed by atoms with E-state index >= 15 is 0 Å². The third kappa shape index (κ3) is 3.36. The molecule has 0 saturated heterocycles. The molecule has 6 nitrogen and oxygen atoms in total. The van der Waals surface area contributed by atoms with Gasteiger partial charge in [0.1, 0.15) is 16.3 Å². The molecule has 0 bridgehead atoms. The Hall–Kier alpha value is -2.59. The van der Waals surface area contributed by atoms with Crippen LogP contribution < -0.4 is 10.2 Å². The van der Waals surface area contributed by atoms with Crippen molar-refractivity contribution >= 4 is 74.3 Å². The number of hydrogen-bond acceptors (Lipinski definition) is 8. The van der Waals surface area contributed by atoms with Crippen LogP contribution in [0, 0.1) is 0 Å². The molecule has 0 aromatic carbocycles. The van der Waals surface area contributed by atoms with Gasteiger partial charge in [-0.05, 0) is 22.9 Å². The zero-order valence-electron chi connectivity index (χ0n) is 14.9. The van der Waals surface area contributed by atoms with Gasteiger partial charge in [0.25, 0.3) is 11.8 Å². The molecule has 5 rings (SSSR count). The van der Waals surface area contributed by atoms with Crippen LogP contribution in [0.4, 0.5) is 5.82 Å². The molecule has 0 saturated carbocycles. The SMILES string of the molecule is CN(C1=CC(=O)NC1=O)c1nc(-c2ccsc2)nc2scc(-c3cccs3)c12.Cl. The summed E-state index contributed by atoms with van der Waals surface area (Å²) in [5.74, 6) is 0.357. The summed E-state index contributed by atoms with van der Waals surface area (Å²) >= 11 is 4.76. The van der Waals surface area contributed by atoms with Gasteiger partial charge in [0.2, 0.25) is 0 Å². The van der Waals surface area contributed by atoms with Crippen molar-refractivity contribution in [1.29, 1.82) is 0 Å². The molecule has 0 fully saturated rings. The smallest absolute Gasteiger partial charge is 0.274 e. The number of imide groups is 1. The number of halogens is 1. The van der Waals surface area contributed by atoms with Crippen LogP contribution in [0.5, 0.6) is 0 Å².